The molecule has 0 aliphatic heterocycles. The maximum Gasteiger partial charge on any atom is 0.259 e. The van der Waals surface area contributed by atoms with E-state index < -0.39 is 0 Å². The Hall–Kier alpha value is -2.43. The fourth-order valence-corrected chi connectivity index (χ4v) is 5.53. The predicted molar refractivity (Wildman–Crippen MR) is 132 cm³/mol. The zero-order valence-corrected chi connectivity index (χ0v) is 19.7. The molecule has 3 nitrogen and oxygen atoms in total. The Kier molecular flexibility index (Phi) is 6.31. The van der Waals surface area contributed by atoms with Crippen LogP contribution in [-0.4, -0.2) is 12.1 Å². The molecule has 1 amide bonds. The van der Waals surface area contributed by atoms with E-state index in [1.54, 1.807) is 23.5 Å². The van der Waals surface area contributed by atoms with Gasteiger partial charge in [0, 0.05) is 21.8 Å². The third kappa shape index (κ3) is 5.08. The van der Waals surface area contributed by atoms with Gasteiger partial charge in [0.2, 0.25) is 0 Å². The maximum atomic E-state index is 13.3. The van der Waals surface area contributed by atoms with Gasteiger partial charge < -0.3 is 5.32 Å². The van der Waals surface area contributed by atoms with Gasteiger partial charge in [-0.2, -0.15) is 0 Å². The molecule has 0 saturated heterocycles. The second-order valence-corrected chi connectivity index (χ2v) is 10.6. The smallest absolute Gasteiger partial charge is 0.259 e. The fraction of sp³-hybridized carbons (Fsp3) is 0.308. The van der Waals surface area contributed by atoms with Gasteiger partial charge >= 0.3 is 0 Å². The first kappa shape index (κ1) is 21.8. The Bertz CT molecular complexity index is 1110. The lowest BCUT2D eigenvalue weighted by molar-refractivity contribution is 0.102. The number of amides is 1. The summed E-state index contributed by atoms with van der Waals surface area (Å²) in [6.45, 7) is 6.91. The number of aliphatic imine (C=N–C) groups is 1. The summed E-state index contributed by atoms with van der Waals surface area (Å²) in [5.74, 6) is 0.489. The molecule has 0 fully saturated rings. The number of anilines is 1. The van der Waals surface area contributed by atoms with Crippen molar-refractivity contribution >= 4 is 45.7 Å². The summed E-state index contributed by atoms with van der Waals surface area (Å²) in [5.41, 5.74) is 3.82. The minimum Gasteiger partial charge on any atom is -0.322 e. The van der Waals surface area contributed by atoms with E-state index in [9.17, 15) is 4.79 Å². The van der Waals surface area contributed by atoms with Crippen molar-refractivity contribution in [1.29, 1.82) is 0 Å². The summed E-state index contributed by atoms with van der Waals surface area (Å²) in [7, 11) is 0. The van der Waals surface area contributed by atoms with E-state index in [2.05, 4.69) is 26.1 Å². The van der Waals surface area contributed by atoms with Gasteiger partial charge in [0.25, 0.3) is 5.91 Å². The molecule has 0 saturated carbocycles. The molecule has 0 spiro atoms. The minimum atomic E-state index is -0.116. The molecule has 1 N–H and O–H groups in total. The monoisotopic (exact) mass is 450 g/mol. The number of thiophene rings is 1. The molecular formula is C26H27ClN2OS. The van der Waals surface area contributed by atoms with E-state index in [1.807, 2.05) is 48.7 Å². The molecule has 0 bridgehead atoms. The normalized spacial score (nSPS) is 16.3. The van der Waals surface area contributed by atoms with E-state index in [0.29, 0.717) is 22.2 Å². The highest BCUT2D eigenvalue weighted by atomic mass is 35.5. The Morgan fingerprint density at radius 1 is 1.16 bits per heavy atom. The van der Waals surface area contributed by atoms with E-state index in [0.717, 1.165) is 35.4 Å². The van der Waals surface area contributed by atoms with Crippen LogP contribution >= 0.6 is 22.9 Å². The van der Waals surface area contributed by atoms with E-state index in [1.165, 1.54) is 4.88 Å². The van der Waals surface area contributed by atoms with E-state index >= 15 is 0 Å². The Labute approximate surface area is 193 Å². The second kappa shape index (κ2) is 8.97. The number of carbonyl (C=O) groups is 1. The number of hydrogen-bond donors (Lipinski definition) is 1. The standard InChI is InChI=1S/C26H27ClN2OS/c1-26(2,3)18-12-13-21-22(14-18)31-25(28-16-17-8-5-4-6-9-17)23(21)24(30)29-20-11-7-10-19(27)15-20/h4-11,15-16,18H,12-14H2,1-3H3,(H,29,30)/b28-16+. The first-order valence-electron chi connectivity index (χ1n) is 10.6. The average molecular weight is 451 g/mol. The predicted octanol–water partition coefficient (Wildman–Crippen LogP) is 7.56. The van der Waals surface area contributed by atoms with Crippen LogP contribution in [0.5, 0.6) is 0 Å². The molecular weight excluding hydrogens is 424 g/mol. The van der Waals surface area contributed by atoms with Crippen molar-refractivity contribution < 1.29 is 4.79 Å². The number of benzene rings is 2. The molecule has 1 unspecified atom stereocenters. The lowest BCUT2D eigenvalue weighted by Crippen LogP contribution is -2.27. The van der Waals surface area contributed by atoms with Crippen molar-refractivity contribution in [2.24, 2.45) is 16.3 Å². The molecule has 1 heterocycles. The summed E-state index contributed by atoms with van der Waals surface area (Å²) in [6.07, 6.45) is 4.84. The molecule has 5 heteroatoms. The molecule has 0 radical (unpaired) electrons. The van der Waals surface area contributed by atoms with Crippen LogP contribution in [0.15, 0.2) is 59.6 Å². The van der Waals surface area contributed by atoms with Gasteiger partial charge in [-0.3, -0.25) is 4.79 Å². The van der Waals surface area contributed by atoms with Gasteiger partial charge in [-0.1, -0.05) is 68.8 Å². The number of halogens is 1. The van der Waals surface area contributed by atoms with Crippen molar-refractivity contribution in [3.8, 4) is 0 Å². The van der Waals surface area contributed by atoms with Gasteiger partial charge in [-0.05, 0) is 59.9 Å². The summed E-state index contributed by atoms with van der Waals surface area (Å²) >= 11 is 7.76. The van der Waals surface area contributed by atoms with Crippen LogP contribution in [0.4, 0.5) is 10.7 Å². The summed E-state index contributed by atoms with van der Waals surface area (Å²) < 4.78 is 0. The zero-order chi connectivity index (χ0) is 22.0. The average Bonchev–Trinajstić information content (AvgIpc) is 3.10. The molecule has 1 aliphatic carbocycles. The number of nitrogens with zero attached hydrogens (tertiary/aromatic N) is 1. The quantitative estimate of drug-likeness (QED) is 0.409. The van der Waals surface area contributed by atoms with Crippen LogP contribution in [-0.2, 0) is 12.8 Å². The van der Waals surface area contributed by atoms with Crippen molar-refractivity contribution in [2.45, 2.75) is 40.0 Å². The molecule has 3 aromatic rings. The first-order valence-corrected chi connectivity index (χ1v) is 11.8. The Balaban J connectivity index is 1.70. The molecule has 160 valence electrons. The van der Waals surface area contributed by atoms with E-state index in [-0.39, 0.29) is 11.3 Å². The highest BCUT2D eigenvalue weighted by molar-refractivity contribution is 7.16. The molecule has 1 atom stereocenters. The second-order valence-electron chi connectivity index (χ2n) is 9.12. The number of rotatable bonds is 4. The number of carbonyl (C=O) groups excluding carboxylic acids is 1. The Morgan fingerprint density at radius 3 is 2.65 bits per heavy atom. The largest absolute Gasteiger partial charge is 0.322 e. The van der Waals surface area contributed by atoms with Crippen molar-refractivity contribution in [2.75, 3.05) is 5.32 Å². The van der Waals surface area contributed by atoms with Gasteiger partial charge in [0.1, 0.15) is 5.00 Å². The van der Waals surface area contributed by atoms with Crippen LogP contribution in [0.25, 0.3) is 0 Å². The van der Waals surface area contributed by atoms with Crippen molar-refractivity contribution in [1.82, 2.24) is 0 Å². The van der Waals surface area contributed by atoms with Crippen LogP contribution in [0.2, 0.25) is 5.02 Å². The SMILES string of the molecule is CC(C)(C)C1CCc2c(sc(/N=C/c3ccccc3)c2C(=O)Nc2cccc(Cl)c2)C1. The van der Waals surface area contributed by atoms with Gasteiger partial charge in [0.15, 0.2) is 0 Å². The van der Waals surface area contributed by atoms with Gasteiger partial charge in [0.05, 0.1) is 5.56 Å². The highest BCUT2D eigenvalue weighted by Crippen LogP contribution is 2.45. The molecule has 1 aromatic heterocycles. The van der Waals surface area contributed by atoms with Crippen LogP contribution in [0.1, 0.15) is 53.6 Å². The third-order valence-corrected chi connectivity index (χ3v) is 7.31. The van der Waals surface area contributed by atoms with Crippen molar-refractivity contribution in [3.63, 3.8) is 0 Å². The molecule has 2 aromatic carbocycles. The fourth-order valence-electron chi connectivity index (χ4n) is 4.07. The van der Waals surface area contributed by atoms with Gasteiger partial charge in [-0.15, -0.1) is 11.3 Å². The summed E-state index contributed by atoms with van der Waals surface area (Å²) in [4.78, 5) is 19.4. The third-order valence-electron chi connectivity index (χ3n) is 5.91. The summed E-state index contributed by atoms with van der Waals surface area (Å²) in [6, 6.07) is 17.2. The maximum absolute atomic E-state index is 13.3. The number of nitrogens with one attached hydrogen (secondary N) is 1. The summed E-state index contributed by atoms with van der Waals surface area (Å²) in [5, 5.41) is 4.40. The first-order chi connectivity index (χ1) is 14.8. The topological polar surface area (TPSA) is 41.5 Å². The van der Waals surface area contributed by atoms with Crippen LogP contribution in [0.3, 0.4) is 0 Å². The highest BCUT2D eigenvalue weighted by Gasteiger charge is 2.33. The Morgan fingerprint density at radius 2 is 1.94 bits per heavy atom. The van der Waals surface area contributed by atoms with Crippen LogP contribution < -0.4 is 5.32 Å². The number of hydrogen-bond acceptors (Lipinski definition) is 3. The lowest BCUT2D eigenvalue weighted by atomic mass is 9.72. The van der Waals surface area contributed by atoms with Crippen LogP contribution in [0, 0.1) is 11.3 Å². The number of fused-ring (bicyclic) bond motifs is 1. The van der Waals surface area contributed by atoms with E-state index in [4.69, 9.17) is 16.6 Å². The molecule has 1 aliphatic rings. The molecule has 4 rings (SSSR count). The molecule has 31 heavy (non-hydrogen) atoms. The van der Waals surface area contributed by atoms with Gasteiger partial charge in [-0.25, -0.2) is 4.99 Å². The lowest BCUT2D eigenvalue weighted by Gasteiger charge is -2.33. The minimum absolute atomic E-state index is 0.116. The van der Waals surface area contributed by atoms with Crippen molar-refractivity contribution in [3.05, 3.63) is 81.2 Å². The zero-order valence-electron chi connectivity index (χ0n) is 18.1.